The Morgan fingerprint density at radius 1 is 1.39 bits per heavy atom. The lowest BCUT2D eigenvalue weighted by Crippen LogP contribution is -2.21. The molecule has 0 aromatic carbocycles. The van der Waals surface area contributed by atoms with Crippen LogP contribution in [0.15, 0.2) is 4.60 Å². The maximum Gasteiger partial charge on any atom is 0.153 e. The van der Waals surface area contributed by atoms with Crippen molar-refractivity contribution >= 4 is 15.9 Å². The van der Waals surface area contributed by atoms with Crippen LogP contribution in [0.5, 0.6) is 0 Å². The van der Waals surface area contributed by atoms with E-state index in [-0.39, 0.29) is 0 Å². The van der Waals surface area contributed by atoms with Crippen LogP contribution in [0.2, 0.25) is 0 Å². The molecule has 2 rings (SSSR count). The van der Waals surface area contributed by atoms with E-state index in [4.69, 9.17) is 0 Å². The summed E-state index contributed by atoms with van der Waals surface area (Å²) in [6.45, 7) is 0. The summed E-state index contributed by atoms with van der Waals surface area (Å²) >= 11 is 3.49. The molecular formula is C13H23BrN4. The third-order valence-corrected chi connectivity index (χ3v) is 4.66. The standard InChI is InChI=1S/C13H23BrN4/c1-15-11(12-13(14)16-17-18(12)2)9-8-10-6-4-3-5-7-10/h10-11,15H,3-9H2,1-2H3. The van der Waals surface area contributed by atoms with Crippen molar-refractivity contribution in [2.75, 3.05) is 7.05 Å². The van der Waals surface area contributed by atoms with Gasteiger partial charge in [0.15, 0.2) is 4.60 Å². The zero-order chi connectivity index (χ0) is 13.0. The summed E-state index contributed by atoms with van der Waals surface area (Å²) in [4.78, 5) is 0. The molecule has 1 fully saturated rings. The minimum atomic E-state index is 0.348. The van der Waals surface area contributed by atoms with Crippen LogP contribution >= 0.6 is 15.9 Å². The summed E-state index contributed by atoms with van der Waals surface area (Å²) in [5.74, 6) is 0.926. The van der Waals surface area contributed by atoms with Gasteiger partial charge in [-0.2, -0.15) is 0 Å². The van der Waals surface area contributed by atoms with Gasteiger partial charge in [0.05, 0.1) is 11.7 Å². The second kappa shape index (κ2) is 6.66. The Morgan fingerprint density at radius 3 is 2.67 bits per heavy atom. The first-order chi connectivity index (χ1) is 8.72. The van der Waals surface area contributed by atoms with E-state index in [0.29, 0.717) is 6.04 Å². The van der Waals surface area contributed by atoms with Crippen LogP contribution in [0.25, 0.3) is 0 Å². The van der Waals surface area contributed by atoms with Crippen LogP contribution in [0, 0.1) is 5.92 Å². The number of hydrogen-bond acceptors (Lipinski definition) is 3. The zero-order valence-electron chi connectivity index (χ0n) is 11.3. The number of aryl methyl sites for hydroxylation is 1. The number of rotatable bonds is 5. The predicted octanol–water partition coefficient (Wildman–Crippen LogP) is 3.20. The number of aromatic nitrogens is 3. The Morgan fingerprint density at radius 2 is 2.11 bits per heavy atom. The van der Waals surface area contributed by atoms with Gasteiger partial charge in [0.1, 0.15) is 0 Å². The SMILES string of the molecule is CNC(CCC1CCCCC1)c1c(Br)nnn1C. The van der Waals surface area contributed by atoms with E-state index in [1.807, 2.05) is 18.8 Å². The second-order valence-corrected chi connectivity index (χ2v) is 6.06. The van der Waals surface area contributed by atoms with Crippen molar-refractivity contribution in [3.05, 3.63) is 10.3 Å². The van der Waals surface area contributed by atoms with Gasteiger partial charge in [-0.05, 0) is 41.7 Å². The predicted molar refractivity (Wildman–Crippen MR) is 76.3 cm³/mol. The maximum absolute atomic E-state index is 4.07. The summed E-state index contributed by atoms with van der Waals surface area (Å²) < 4.78 is 2.74. The first kappa shape index (κ1) is 14.0. The third kappa shape index (κ3) is 3.32. The highest BCUT2D eigenvalue weighted by atomic mass is 79.9. The van der Waals surface area contributed by atoms with Crippen molar-refractivity contribution in [1.82, 2.24) is 20.3 Å². The van der Waals surface area contributed by atoms with E-state index in [0.717, 1.165) is 16.2 Å². The van der Waals surface area contributed by atoms with Crippen molar-refractivity contribution in [3.63, 3.8) is 0 Å². The number of nitrogens with one attached hydrogen (secondary N) is 1. The molecule has 1 heterocycles. The largest absolute Gasteiger partial charge is 0.312 e. The summed E-state index contributed by atoms with van der Waals surface area (Å²) in [6, 6.07) is 0.348. The normalized spacial score (nSPS) is 19.1. The molecule has 1 aromatic heterocycles. The summed E-state index contributed by atoms with van der Waals surface area (Å²) in [5.41, 5.74) is 1.16. The van der Waals surface area contributed by atoms with Crippen molar-refractivity contribution in [1.29, 1.82) is 0 Å². The van der Waals surface area contributed by atoms with E-state index < -0.39 is 0 Å². The number of nitrogens with zero attached hydrogens (tertiary/aromatic N) is 3. The molecule has 0 spiro atoms. The summed E-state index contributed by atoms with van der Waals surface area (Å²) in [7, 11) is 3.98. The van der Waals surface area contributed by atoms with Gasteiger partial charge >= 0.3 is 0 Å². The van der Waals surface area contributed by atoms with E-state index in [2.05, 4.69) is 31.6 Å². The smallest absolute Gasteiger partial charge is 0.153 e. The minimum absolute atomic E-state index is 0.348. The fourth-order valence-corrected chi connectivity index (χ4v) is 3.61. The minimum Gasteiger partial charge on any atom is -0.312 e. The van der Waals surface area contributed by atoms with E-state index in [1.165, 1.54) is 44.9 Å². The monoisotopic (exact) mass is 314 g/mol. The van der Waals surface area contributed by atoms with Crippen LogP contribution in [0.3, 0.4) is 0 Å². The molecular weight excluding hydrogens is 292 g/mol. The molecule has 1 saturated carbocycles. The van der Waals surface area contributed by atoms with Crippen LogP contribution in [-0.2, 0) is 7.05 Å². The Labute approximate surface area is 118 Å². The maximum atomic E-state index is 4.07. The van der Waals surface area contributed by atoms with Gasteiger partial charge in [0, 0.05) is 7.05 Å². The van der Waals surface area contributed by atoms with Crippen LogP contribution in [0.4, 0.5) is 0 Å². The molecule has 5 heteroatoms. The van der Waals surface area contributed by atoms with Crippen LogP contribution in [-0.4, -0.2) is 22.0 Å². The molecule has 102 valence electrons. The Kier molecular flexibility index (Phi) is 5.18. The molecule has 1 N–H and O–H groups in total. The van der Waals surface area contributed by atoms with Gasteiger partial charge in [-0.15, -0.1) is 5.10 Å². The Balaban J connectivity index is 1.93. The molecule has 1 unspecified atom stereocenters. The first-order valence-electron chi connectivity index (χ1n) is 6.94. The van der Waals surface area contributed by atoms with Crippen LogP contribution in [0.1, 0.15) is 56.7 Å². The van der Waals surface area contributed by atoms with E-state index >= 15 is 0 Å². The van der Waals surface area contributed by atoms with Crippen molar-refractivity contribution < 1.29 is 0 Å². The van der Waals surface area contributed by atoms with Gasteiger partial charge < -0.3 is 5.32 Å². The molecule has 0 radical (unpaired) electrons. The fraction of sp³-hybridized carbons (Fsp3) is 0.846. The lowest BCUT2D eigenvalue weighted by molar-refractivity contribution is 0.314. The lowest BCUT2D eigenvalue weighted by Gasteiger charge is -2.24. The number of halogens is 1. The molecule has 0 amide bonds. The van der Waals surface area contributed by atoms with Crippen molar-refractivity contribution in [3.8, 4) is 0 Å². The molecule has 1 aliphatic rings. The van der Waals surface area contributed by atoms with Crippen molar-refractivity contribution in [2.24, 2.45) is 13.0 Å². The summed E-state index contributed by atoms with van der Waals surface area (Å²) in [6.07, 6.45) is 9.59. The van der Waals surface area contributed by atoms with Gasteiger partial charge in [0.25, 0.3) is 0 Å². The first-order valence-corrected chi connectivity index (χ1v) is 7.74. The molecule has 4 nitrogen and oxygen atoms in total. The highest BCUT2D eigenvalue weighted by Gasteiger charge is 2.21. The van der Waals surface area contributed by atoms with Gasteiger partial charge in [-0.1, -0.05) is 37.3 Å². The number of hydrogen-bond donors (Lipinski definition) is 1. The Bertz CT molecular complexity index is 352. The molecule has 1 atom stereocenters. The molecule has 18 heavy (non-hydrogen) atoms. The van der Waals surface area contributed by atoms with Gasteiger partial charge in [-0.3, -0.25) is 0 Å². The topological polar surface area (TPSA) is 42.7 Å². The molecule has 0 saturated heterocycles. The average Bonchev–Trinajstić information content (AvgIpc) is 2.73. The Hall–Kier alpha value is -0.420. The third-order valence-electron chi connectivity index (χ3n) is 4.09. The van der Waals surface area contributed by atoms with Crippen molar-refractivity contribution in [2.45, 2.75) is 51.0 Å². The second-order valence-electron chi connectivity index (χ2n) is 5.31. The highest BCUT2D eigenvalue weighted by molar-refractivity contribution is 9.10. The molecule has 0 aliphatic heterocycles. The average molecular weight is 315 g/mol. The molecule has 1 aliphatic carbocycles. The zero-order valence-corrected chi connectivity index (χ0v) is 12.9. The van der Waals surface area contributed by atoms with E-state index in [9.17, 15) is 0 Å². The fourth-order valence-electron chi connectivity index (χ4n) is 3.00. The van der Waals surface area contributed by atoms with Gasteiger partial charge in [-0.25, -0.2) is 4.68 Å². The van der Waals surface area contributed by atoms with Crippen LogP contribution < -0.4 is 5.32 Å². The molecule has 1 aromatic rings. The highest BCUT2D eigenvalue weighted by Crippen LogP contribution is 2.31. The lowest BCUT2D eigenvalue weighted by atomic mass is 9.85. The quantitative estimate of drug-likeness (QED) is 0.907. The van der Waals surface area contributed by atoms with E-state index in [1.54, 1.807) is 0 Å². The molecule has 0 bridgehead atoms. The van der Waals surface area contributed by atoms with Gasteiger partial charge in [0.2, 0.25) is 0 Å². The summed E-state index contributed by atoms with van der Waals surface area (Å²) in [5, 5.41) is 11.5.